The molecule has 0 spiro atoms. The number of carbonyl (C=O) groups excluding carboxylic acids is 2. The van der Waals surface area contributed by atoms with Crippen LogP contribution in [-0.2, 0) is 9.53 Å². The molecular weight excluding hydrogens is 474 g/mol. The number of rotatable bonds is 7. The van der Waals surface area contributed by atoms with E-state index in [1.54, 1.807) is 31.2 Å². The lowest BCUT2D eigenvalue weighted by Crippen LogP contribution is -2.46. The predicted molar refractivity (Wildman–Crippen MR) is 131 cm³/mol. The zero-order valence-corrected chi connectivity index (χ0v) is 20.5. The molecule has 0 fully saturated rings. The van der Waals surface area contributed by atoms with Crippen molar-refractivity contribution in [2.75, 3.05) is 12.4 Å². The minimum Gasteiger partial charge on any atom is -0.463 e. The van der Waals surface area contributed by atoms with Gasteiger partial charge in [-0.25, -0.2) is 9.59 Å². The standard InChI is InChI=1S/C24H24ClN5O3S/c1-4-33-22(31)20-18(26-23(32)27-21(20)16-9-11-17(25)12-10-16)13-34-24-29-28-15(3)30(24)19-8-6-5-7-14(19)2/h5-12,21H,4,13H2,1-3H3,(H2,26,27,32). The average Bonchev–Trinajstić information content (AvgIpc) is 3.18. The van der Waals surface area contributed by atoms with Gasteiger partial charge in [0.25, 0.3) is 0 Å². The van der Waals surface area contributed by atoms with Gasteiger partial charge in [-0.3, -0.25) is 4.57 Å². The third-order valence-electron chi connectivity index (χ3n) is 5.35. The zero-order chi connectivity index (χ0) is 24.2. The molecule has 176 valence electrons. The molecule has 0 radical (unpaired) electrons. The molecule has 2 aromatic carbocycles. The molecule has 1 aromatic heterocycles. The minimum atomic E-state index is -0.670. The monoisotopic (exact) mass is 497 g/mol. The first-order valence-corrected chi connectivity index (χ1v) is 12.1. The highest BCUT2D eigenvalue weighted by Crippen LogP contribution is 2.32. The summed E-state index contributed by atoms with van der Waals surface area (Å²) < 4.78 is 7.29. The van der Waals surface area contributed by atoms with Crippen LogP contribution in [0.5, 0.6) is 0 Å². The van der Waals surface area contributed by atoms with Crippen LogP contribution < -0.4 is 10.6 Å². The normalized spacial score (nSPS) is 15.6. The number of amides is 2. The third kappa shape index (κ3) is 4.95. The van der Waals surface area contributed by atoms with E-state index in [-0.39, 0.29) is 12.4 Å². The number of nitrogens with one attached hydrogen (secondary N) is 2. The number of para-hydroxylation sites is 1. The molecule has 1 unspecified atom stereocenters. The zero-order valence-electron chi connectivity index (χ0n) is 19.0. The quantitative estimate of drug-likeness (QED) is 0.368. The van der Waals surface area contributed by atoms with Crippen LogP contribution >= 0.6 is 23.4 Å². The van der Waals surface area contributed by atoms with E-state index < -0.39 is 18.0 Å². The van der Waals surface area contributed by atoms with E-state index in [1.807, 2.05) is 42.7 Å². The highest BCUT2D eigenvalue weighted by Gasteiger charge is 2.34. The molecule has 1 atom stereocenters. The number of thioether (sulfide) groups is 1. The van der Waals surface area contributed by atoms with Crippen molar-refractivity contribution in [2.24, 2.45) is 0 Å². The van der Waals surface area contributed by atoms with Crippen LogP contribution in [0, 0.1) is 13.8 Å². The molecule has 0 saturated carbocycles. The largest absolute Gasteiger partial charge is 0.463 e. The fourth-order valence-corrected chi connectivity index (χ4v) is 4.84. The molecule has 2 amide bonds. The second kappa shape index (κ2) is 10.3. The number of aromatic nitrogens is 3. The fraction of sp³-hybridized carbons (Fsp3) is 0.250. The Morgan fingerprint density at radius 1 is 1.15 bits per heavy atom. The van der Waals surface area contributed by atoms with Gasteiger partial charge in [-0.1, -0.05) is 53.7 Å². The SMILES string of the molecule is CCOC(=O)C1=C(CSc2nnc(C)n2-c2ccccc2C)NC(=O)NC1c1ccc(Cl)cc1. The Kier molecular flexibility index (Phi) is 7.23. The van der Waals surface area contributed by atoms with Crippen molar-refractivity contribution in [3.05, 3.63) is 81.8 Å². The van der Waals surface area contributed by atoms with E-state index in [0.717, 1.165) is 22.6 Å². The topological polar surface area (TPSA) is 98.1 Å². The van der Waals surface area contributed by atoms with Crippen LogP contribution in [0.1, 0.15) is 29.9 Å². The number of urea groups is 1. The van der Waals surface area contributed by atoms with Gasteiger partial charge in [0.1, 0.15) is 5.82 Å². The van der Waals surface area contributed by atoms with Crippen molar-refractivity contribution in [2.45, 2.75) is 32.0 Å². The fourth-order valence-electron chi connectivity index (χ4n) is 3.75. The minimum absolute atomic E-state index is 0.213. The molecule has 1 aliphatic rings. The maximum Gasteiger partial charge on any atom is 0.338 e. The van der Waals surface area contributed by atoms with Crippen LogP contribution in [0.4, 0.5) is 4.79 Å². The van der Waals surface area contributed by atoms with Gasteiger partial charge in [0.15, 0.2) is 5.16 Å². The smallest absolute Gasteiger partial charge is 0.338 e. The highest BCUT2D eigenvalue weighted by molar-refractivity contribution is 7.99. The molecule has 1 aliphatic heterocycles. The molecule has 3 aromatic rings. The summed E-state index contributed by atoms with van der Waals surface area (Å²) >= 11 is 7.41. The molecule has 10 heteroatoms. The molecule has 34 heavy (non-hydrogen) atoms. The number of hydrogen-bond donors (Lipinski definition) is 2. The van der Waals surface area contributed by atoms with Crippen molar-refractivity contribution in [1.29, 1.82) is 0 Å². The van der Waals surface area contributed by atoms with E-state index in [0.29, 0.717) is 21.4 Å². The Labute approximate surface area is 206 Å². The van der Waals surface area contributed by atoms with Gasteiger partial charge in [-0.05, 0) is 50.1 Å². The van der Waals surface area contributed by atoms with E-state index >= 15 is 0 Å². The summed E-state index contributed by atoms with van der Waals surface area (Å²) in [4.78, 5) is 25.5. The second-order valence-corrected chi connectivity index (χ2v) is 9.02. The van der Waals surface area contributed by atoms with Crippen LogP contribution in [0.25, 0.3) is 5.69 Å². The lowest BCUT2D eigenvalue weighted by atomic mass is 9.95. The summed E-state index contributed by atoms with van der Waals surface area (Å²) in [5, 5.41) is 15.4. The number of ether oxygens (including phenoxy) is 1. The molecule has 2 N–H and O–H groups in total. The lowest BCUT2D eigenvalue weighted by Gasteiger charge is -2.29. The third-order valence-corrected chi connectivity index (χ3v) is 6.56. The Bertz CT molecular complexity index is 1260. The first-order valence-electron chi connectivity index (χ1n) is 10.7. The summed E-state index contributed by atoms with van der Waals surface area (Å²) in [7, 11) is 0. The van der Waals surface area contributed by atoms with Gasteiger partial charge in [0.2, 0.25) is 0 Å². The number of nitrogens with zero attached hydrogens (tertiary/aromatic N) is 3. The van der Waals surface area contributed by atoms with E-state index in [9.17, 15) is 9.59 Å². The molecule has 4 rings (SSSR count). The van der Waals surface area contributed by atoms with Gasteiger partial charge in [-0.15, -0.1) is 10.2 Å². The predicted octanol–water partition coefficient (Wildman–Crippen LogP) is 4.50. The molecule has 2 heterocycles. The number of halogens is 1. The van der Waals surface area contributed by atoms with Crippen molar-refractivity contribution in [3.8, 4) is 5.69 Å². The summed E-state index contributed by atoms with van der Waals surface area (Å²) in [5.41, 5.74) is 3.58. The number of carbonyl (C=O) groups is 2. The summed E-state index contributed by atoms with van der Waals surface area (Å²) in [6.07, 6.45) is 0. The first-order chi connectivity index (χ1) is 16.4. The molecule has 0 bridgehead atoms. The number of benzene rings is 2. The Morgan fingerprint density at radius 3 is 2.59 bits per heavy atom. The number of aryl methyl sites for hydroxylation is 2. The average molecular weight is 498 g/mol. The van der Waals surface area contributed by atoms with Gasteiger partial charge in [0.05, 0.1) is 23.9 Å². The Morgan fingerprint density at radius 2 is 1.88 bits per heavy atom. The van der Waals surface area contributed by atoms with Gasteiger partial charge < -0.3 is 15.4 Å². The maximum atomic E-state index is 13.0. The summed E-state index contributed by atoms with van der Waals surface area (Å²) in [6, 6.07) is 13.9. The molecule has 0 aliphatic carbocycles. The summed E-state index contributed by atoms with van der Waals surface area (Å²) in [6.45, 7) is 5.86. The van der Waals surface area contributed by atoms with Crippen LogP contribution in [-0.4, -0.2) is 39.1 Å². The summed E-state index contributed by atoms with van der Waals surface area (Å²) in [5.74, 6) is 0.530. The number of hydrogen-bond acceptors (Lipinski definition) is 6. The van der Waals surface area contributed by atoms with Gasteiger partial charge in [-0.2, -0.15) is 0 Å². The van der Waals surface area contributed by atoms with Gasteiger partial charge in [0, 0.05) is 16.5 Å². The maximum absolute atomic E-state index is 13.0. The van der Waals surface area contributed by atoms with Crippen molar-refractivity contribution in [3.63, 3.8) is 0 Å². The van der Waals surface area contributed by atoms with E-state index in [2.05, 4.69) is 20.8 Å². The van der Waals surface area contributed by atoms with Crippen molar-refractivity contribution < 1.29 is 14.3 Å². The number of esters is 1. The van der Waals surface area contributed by atoms with Crippen molar-refractivity contribution in [1.82, 2.24) is 25.4 Å². The highest BCUT2D eigenvalue weighted by atomic mass is 35.5. The Hall–Kier alpha value is -3.30. The van der Waals surface area contributed by atoms with E-state index in [4.69, 9.17) is 16.3 Å². The van der Waals surface area contributed by atoms with Crippen molar-refractivity contribution >= 4 is 35.4 Å². The molecular formula is C24H24ClN5O3S. The van der Waals surface area contributed by atoms with Crippen LogP contribution in [0.2, 0.25) is 5.02 Å². The van der Waals surface area contributed by atoms with Crippen LogP contribution in [0.15, 0.2) is 65.0 Å². The molecule has 0 saturated heterocycles. The van der Waals surface area contributed by atoms with Crippen LogP contribution in [0.3, 0.4) is 0 Å². The van der Waals surface area contributed by atoms with Gasteiger partial charge >= 0.3 is 12.0 Å². The Balaban J connectivity index is 1.71. The first kappa shape index (κ1) is 23.8. The lowest BCUT2D eigenvalue weighted by molar-refractivity contribution is -0.139. The molecule has 8 nitrogen and oxygen atoms in total. The second-order valence-electron chi connectivity index (χ2n) is 7.64. The van der Waals surface area contributed by atoms with E-state index in [1.165, 1.54) is 11.8 Å².